The van der Waals surface area contributed by atoms with E-state index in [4.69, 9.17) is 10.5 Å². The number of amides is 1. The minimum atomic E-state index is -1.08. The summed E-state index contributed by atoms with van der Waals surface area (Å²) in [7, 11) is 0. The van der Waals surface area contributed by atoms with Crippen LogP contribution in [0.3, 0.4) is 0 Å². The van der Waals surface area contributed by atoms with Gasteiger partial charge in [0.25, 0.3) is 5.91 Å². The first-order chi connectivity index (χ1) is 17.9. The summed E-state index contributed by atoms with van der Waals surface area (Å²) in [4.78, 5) is 28.6. The number of carbonyl (C=O) groups is 2. The van der Waals surface area contributed by atoms with Gasteiger partial charge in [-0.3, -0.25) is 4.79 Å². The highest BCUT2D eigenvalue weighted by molar-refractivity contribution is 7.98. The van der Waals surface area contributed by atoms with Crippen molar-refractivity contribution < 1.29 is 19.4 Å². The first-order valence-corrected chi connectivity index (χ1v) is 13.8. The number of hydrogen-bond acceptors (Lipinski definition) is 8. The zero-order chi connectivity index (χ0) is 26.6. The molecular weight excluding hydrogens is 508 g/mol. The van der Waals surface area contributed by atoms with Crippen molar-refractivity contribution in [1.82, 2.24) is 10.3 Å². The predicted molar refractivity (Wildman–Crippen MR) is 153 cm³/mol. The lowest BCUT2D eigenvalue weighted by Gasteiger charge is -2.17. The fourth-order valence-corrected chi connectivity index (χ4v) is 4.08. The van der Waals surface area contributed by atoms with Crippen LogP contribution >= 0.6 is 24.4 Å². The molecule has 10 heteroatoms. The van der Waals surface area contributed by atoms with Gasteiger partial charge in [0.2, 0.25) is 5.88 Å². The molecule has 0 radical (unpaired) electrons. The number of hydrogen-bond donors (Lipinski definition) is 5. The molecule has 196 valence electrons. The molecular formula is C27H32N4O4S2. The molecule has 0 aliphatic carbocycles. The molecule has 0 saturated heterocycles. The van der Waals surface area contributed by atoms with Crippen LogP contribution in [0.4, 0.5) is 5.69 Å². The Labute approximate surface area is 226 Å². The highest BCUT2D eigenvalue weighted by Gasteiger charge is 2.20. The number of nitrogens with zero attached hydrogens (tertiary/aromatic N) is 1. The van der Waals surface area contributed by atoms with E-state index in [0.29, 0.717) is 35.9 Å². The molecule has 2 aromatic carbocycles. The van der Waals surface area contributed by atoms with Gasteiger partial charge in [-0.1, -0.05) is 54.6 Å². The third-order valence-electron chi connectivity index (χ3n) is 5.52. The van der Waals surface area contributed by atoms with Crippen LogP contribution in [0.2, 0.25) is 0 Å². The van der Waals surface area contributed by atoms with Crippen LogP contribution in [0.25, 0.3) is 22.4 Å². The molecule has 0 aliphatic rings. The number of rotatable bonds is 14. The fraction of sp³-hybridized carbons (Fsp3) is 0.296. The number of thiol groups is 1. The third-order valence-corrected chi connectivity index (χ3v) is 6.63. The van der Waals surface area contributed by atoms with E-state index in [1.807, 2.05) is 60.9 Å². The summed E-state index contributed by atoms with van der Waals surface area (Å²) < 4.78 is 5.76. The number of carbonyl (C=O) groups excluding carboxylic acids is 1. The van der Waals surface area contributed by atoms with Gasteiger partial charge in [0.05, 0.1) is 11.4 Å². The van der Waals surface area contributed by atoms with E-state index >= 15 is 0 Å². The summed E-state index contributed by atoms with van der Waals surface area (Å²) in [6.07, 6.45) is 2.20. The first kappa shape index (κ1) is 28.4. The number of nitrogens with two attached hydrogens (primary N) is 1. The second-order valence-electron chi connectivity index (χ2n) is 8.34. The van der Waals surface area contributed by atoms with Crippen molar-refractivity contribution in [2.45, 2.75) is 18.5 Å². The summed E-state index contributed by atoms with van der Waals surface area (Å²) in [6, 6.07) is 20.6. The van der Waals surface area contributed by atoms with Crippen molar-refractivity contribution >= 4 is 42.0 Å². The zero-order valence-corrected chi connectivity index (χ0v) is 22.3. The Hall–Kier alpha value is -3.21. The molecule has 37 heavy (non-hydrogen) atoms. The smallest absolute Gasteiger partial charge is 0.326 e. The quantitative estimate of drug-likeness (QED) is 0.196. The predicted octanol–water partition coefficient (Wildman–Crippen LogP) is 3.79. The van der Waals surface area contributed by atoms with Crippen LogP contribution in [-0.2, 0) is 9.59 Å². The molecule has 1 aromatic heterocycles. The molecule has 0 spiro atoms. The van der Waals surface area contributed by atoms with Crippen molar-refractivity contribution in [2.75, 3.05) is 36.2 Å². The number of carboxylic acids is 1. The number of ether oxygens (including phenoxy) is 1. The highest BCUT2D eigenvalue weighted by Crippen LogP contribution is 2.29. The second-order valence-corrected chi connectivity index (χ2v) is 9.70. The van der Waals surface area contributed by atoms with Gasteiger partial charge < -0.3 is 26.2 Å². The molecule has 3 rings (SSSR count). The van der Waals surface area contributed by atoms with E-state index in [0.717, 1.165) is 16.7 Å². The monoisotopic (exact) mass is 540 g/mol. The van der Waals surface area contributed by atoms with Gasteiger partial charge in [0.15, 0.2) is 6.61 Å². The molecule has 0 bridgehead atoms. The van der Waals surface area contributed by atoms with Gasteiger partial charge in [-0.15, -0.1) is 0 Å². The van der Waals surface area contributed by atoms with Gasteiger partial charge in [-0.25, -0.2) is 9.78 Å². The van der Waals surface area contributed by atoms with Crippen molar-refractivity contribution in [3.05, 3.63) is 66.7 Å². The van der Waals surface area contributed by atoms with Crippen molar-refractivity contribution in [3.63, 3.8) is 0 Å². The number of carboxylic acid groups (broad SMARTS) is 1. The van der Waals surface area contributed by atoms with Crippen LogP contribution in [0, 0.1) is 0 Å². The maximum absolute atomic E-state index is 12.5. The Morgan fingerprint density at radius 1 is 1.05 bits per heavy atom. The van der Waals surface area contributed by atoms with E-state index in [9.17, 15) is 14.7 Å². The van der Waals surface area contributed by atoms with Gasteiger partial charge in [0.1, 0.15) is 6.04 Å². The van der Waals surface area contributed by atoms with Crippen LogP contribution < -0.4 is 21.1 Å². The minimum absolute atomic E-state index is 0.183. The molecule has 3 aromatic rings. The molecule has 0 aliphatic heterocycles. The van der Waals surface area contributed by atoms with Crippen molar-refractivity contribution in [1.29, 1.82) is 0 Å². The number of thioether (sulfide) groups is 1. The minimum Gasteiger partial charge on any atom is -0.480 e. The topological polar surface area (TPSA) is 127 Å². The molecule has 0 fully saturated rings. The van der Waals surface area contributed by atoms with Crippen molar-refractivity contribution in [3.8, 4) is 28.3 Å². The molecule has 0 saturated carbocycles. The normalized spacial score (nSPS) is 12.4. The lowest BCUT2D eigenvalue weighted by Crippen LogP contribution is -2.43. The molecule has 1 amide bonds. The average molecular weight is 541 g/mol. The summed E-state index contributed by atoms with van der Waals surface area (Å²) in [5.41, 5.74) is 10.3. The van der Waals surface area contributed by atoms with Gasteiger partial charge in [0, 0.05) is 23.9 Å². The Morgan fingerprint density at radius 3 is 2.38 bits per heavy atom. The van der Waals surface area contributed by atoms with E-state index in [1.54, 1.807) is 0 Å². The molecule has 2 atom stereocenters. The van der Waals surface area contributed by atoms with Crippen LogP contribution in [0.15, 0.2) is 66.7 Å². The standard InChI is InChI=1S/C27H32N4O4S2/c1-37-14-13-24(27(33)34)30-25(32)16-35-26-23(29-15-21(28)17-36)12-11-22(31-26)20-9-7-19(8-10-20)18-5-3-2-4-6-18/h2-12,21,24,29,36H,13-17,28H2,1H3,(H,30,32)(H,33,34)/t21?,24-/m0/s1. The highest BCUT2D eigenvalue weighted by atomic mass is 32.2. The number of pyridine rings is 1. The third kappa shape index (κ3) is 8.70. The summed E-state index contributed by atoms with van der Waals surface area (Å²) >= 11 is 5.73. The number of benzene rings is 2. The van der Waals surface area contributed by atoms with Crippen LogP contribution in [0.1, 0.15) is 6.42 Å². The van der Waals surface area contributed by atoms with E-state index in [-0.39, 0.29) is 18.5 Å². The summed E-state index contributed by atoms with van der Waals surface area (Å²) in [6.45, 7) is 0.0639. The zero-order valence-electron chi connectivity index (χ0n) is 20.6. The molecule has 5 N–H and O–H groups in total. The van der Waals surface area contributed by atoms with Gasteiger partial charge in [-0.05, 0) is 41.7 Å². The van der Waals surface area contributed by atoms with Gasteiger partial charge in [-0.2, -0.15) is 24.4 Å². The Kier molecular flexibility index (Phi) is 11.1. The largest absolute Gasteiger partial charge is 0.480 e. The number of nitrogens with one attached hydrogen (secondary N) is 2. The summed E-state index contributed by atoms with van der Waals surface area (Å²) in [5.74, 6) is -0.278. The van der Waals surface area contributed by atoms with Crippen molar-refractivity contribution in [2.24, 2.45) is 5.73 Å². The van der Waals surface area contributed by atoms with E-state index < -0.39 is 17.9 Å². The fourth-order valence-electron chi connectivity index (χ4n) is 3.48. The SMILES string of the molecule is CSCC[C@H](NC(=O)COc1nc(-c2ccc(-c3ccccc3)cc2)ccc1NCC(N)CS)C(=O)O. The molecule has 1 unspecified atom stereocenters. The number of aromatic nitrogens is 1. The maximum atomic E-state index is 12.5. The average Bonchev–Trinajstić information content (AvgIpc) is 2.93. The Bertz CT molecular complexity index is 1160. The first-order valence-electron chi connectivity index (χ1n) is 11.8. The number of aliphatic carboxylic acids is 1. The second kappa shape index (κ2) is 14.5. The van der Waals surface area contributed by atoms with Crippen LogP contribution in [0.5, 0.6) is 5.88 Å². The molecule has 1 heterocycles. The lowest BCUT2D eigenvalue weighted by atomic mass is 10.0. The van der Waals surface area contributed by atoms with Crippen LogP contribution in [-0.4, -0.2) is 65.0 Å². The lowest BCUT2D eigenvalue weighted by molar-refractivity contribution is -0.142. The summed E-state index contributed by atoms with van der Waals surface area (Å²) in [5, 5.41) is 15.1. The van der Waals surface area contributed by atoms with Gasteiger partial charge >= 0.3 is 5.97 Å². The Morgan fingerprint density at radius 2 is 1.73 bits per heavy atom. The Balaban J connectivity index is 1.77. The maximum Gasteiger partial charge on any atom is 0.326 e. The number of anilines is 1. The van der Waals surface area contributed by atoms with E-state index in [1.165, 1.54) is 11.8 Å². The van der Waals surface area contributed by atoms with E-state index in [2.05, 4.69) is 40.4 Å². The molecule has 8 nitrogen and oxygen atoms in total.